The van der Waals surface area contributed by atoms with Crippen LogP contribution in [0, 0.1) is 0 Å². The van der Waals surface area contributed by atoms with E-state index in [-0.39, 0.29) is 17.6 Å². The number of methoxy groups -OCH3 is 2. The quantitative estimate of drug-likeness (QED) is 0.851. The second kappa shape index (κ2) is 7.44. The molecule has 0 aliphatic carbocycles. The van der Waals surface area contributed by atoms with Gasteiger partial charge in [-0.05, 0) is 38.1 Å². The van der Waals surface area contributed by atoms with Gasteiger partial charge < -0.3 is 20.1 Å². The van der Waals surface area contributed by atoms with Gasteiger partial charge in [-0.1, -0.05) is 0 Å². The van der Waals surface area contributed by atoms with Crippen molar-refractivity contribution >= 4 is 17.4 Å². The number of hydrogen-bond donors (Lipinski definition) is 2. The lowest BCUT2D eigenvalue weighted by Crippen LogP contribution is -2.30. The minimum absolute atomic E-state index is 0.0469. The number of rotatable bonds is 6. The average molecular weight is 316 g/mol. The summed E-state index contributed by atoms with van der Waals surface area (Å²) >= 11 is 0. The molecule has 0 aliphatic rings. The van der Waals surface area contributed by atoms with Crippen molar-refractivity contribution in [3.8, 4) is 11.5 Å². The molecule has 0 fully saturated rings. The van der Waals surface area contributed by atoms with E-state index in [1.807, 2.05) is 26.0 Å². The summed E-state index contributed by atoms with van der Waals surface area (Å²) in [5.74, 6) is 1.57. The summed E-state index contributed by atoms with van der Waals surface area (Å²) < 4.78 is 10.5. The van der Waals surface area contributed by atoms with Crippen LogP contribution in [0.3, 0.4) is 0 Å². The maximum absolute atomic E-state index is 11.8. The smallest absolute Gasteiger partial charge is 0.271 e. The lowest BCUT2D eigenvalue weighted by molar-refractivity contribution is 0.0937. The molecule has 1 aromatic heterocycles. The van der Waals surface area contributed by atoms with Crippen molar-refractivity contribution in [1.82, 2.24) is 15.5 Å². The Bertz CT molecular complexity index is 672. The van der Waals surface area contributed by atoms with E-state index in [2.05, 4.69) is 20.8 Å². The predicted molar refractivity (Wildman–Crippen MR) is 87.5 cm³/mol. The van der Waals surface area contributed by atoms with Crippen molar-refractivity contribution in [2.75, 3.05) is 19.5 Å². The van der Waals surface area contributed by atoms with Crippen LogP contribution in [0.25, 0.3) is 0 Å². The van der Waals surface area contributed by atoms with Crippen molar-refractivity contribution in [2.24, 2.45) is 0 Å². The van der Waals surface area contributed by atoms with Crippen molar-refractivity contribution in [3.63, 3.8) is 0 Å². The van der Waals surface area contributed by atoms with Gasteiger partial charge in [0.15, 0.2) is 11.5 Å². The van der Waals surface area contributed by atoms with Gasteiger partial charge in [-0.25, -0.2) is 0 Å². The van der Waals surface area contributed by atoms with E-state index in [1.54, 1.807) is 32.4 Å². The van der Waals surface area contributed by atoms with Gasteiger partial charge in [-0.3, -0.25) is 4.79 Å². The largest absolute Gasteiger partial charge is 0.497 e. The van der Waals surface area contributed by atoms with Gasteiger partial charge >= 0.3 is 0 Å². The van der Waals surface area contributed by atoms with Crippen LogP contribution in [0.15, 0.2) is 30.3 Å². The fraction of sp³-hybridized carbons (Fsp3) is 0.312. The van der Waals surface area contributed by atoms with Crippen LogP contribution < -0.4 is 20.1 Å². The number of ether oxygens (including phenoxy) is 2. The zero-order valence-corrected chi connectivity index (χ0v) is 13.6. The lowest BCUT2D eigenvalue weighted by Gasteiger charge is -2.12. The van der Waals surface area contributed by atoms with Crippen molar-refractivity contribution in [1.29, 1.82) is 0 Å². The highest BCUT2D eigenvalue weighted by Crippen LogP contribution is 2.30. The second-order valence-electron chi connectivity index (χ2n) is 5.12. The minimum atomic E-state index is -0.249. The van der Waals surface area contributed by atoms with Crippen LogP contribution >= 0.6 is 0 Å². The molecule has 0 atom stereocenters. The van der Waals surface area contributed by atoms with E-state index >= 15 is 0 Å². The van der Waals surface area contributed by atoms with E-state index in [1.165, 1.54) is 0 Å². The van der Waals surface area contributed by atoms with E-state index < -0.39 is 0 Å². The Kier molecular flexibility index (Phi) is 5.35. The number of carbonyl (C=O) groups excluding carboxylic acids is 1. The number of anilines is 2. The molecule has 0 spiro atoms. The van der Waals surface area contributed by atoms with Crippen LogP contribution in [0.4, 0.5) is 11.5 Å². The molecule has 1 heterocycles. The number of nitrogens with zero attached hydrogens (tertiary/aromatic N) is 2. The Morgan fingerprint density at radius 1 is 1.09 bits per heavy atom. The first-order valence-electron chi connectivity index (χ1n) is 7.17. The molecular weight excluding hydrogens is 296 g/mol. The second-order valence-corrected chi connectivity index (χ2v) is 5.12. The fourth-order valence-electron chi connectivity index (χ4n) is 1.90. The van der Waals surface area contributed by atoms with Crippen LogP contribution in [-0.4, -0.2) is 36.4 Å². The molecule has 0 saturated heterocycles. The third-order valence-electron chi connectivity index (χ3n) is 2.99. The minimum Gasteiger partial charge on any atom is -0.497 e. The maximum Gasteiger partial charge on any atom is 0.271 e. The molecule has 0 saturated carbocycles. The topological polar surface area (TPSA) is 85.4 Å². The van der Waals surface area contributed by atoms with Gasteiger partial charge in [-0.15, -0.1) is 10.2 Å². The van der Waals surface area contributed by atoms with Gasteiger partial charge in [0.25, 0.3) is 5.91 Å². The summed E-state index contributed by atoms with van der Waals surface area (Å²) in [5, 5.41) is 13.8. The Hall–Kier alpha value is -2.83. The molecule has 23 heavy (non-hydrogen) atoms. The third kappa shape index (κ3) is 4.32. The van der Waals surface area contributed by atoms with E-state index in [0.29, 0.717) is 17.3 Å². The van der Waals surface area contributed by atoms with Crippen LogP contribution in [0.2, 0.25) is 0 Å². The van der Waals surface area contributed by atoms with Crippen molar-refractivity contribution in [3.05, 3.63) is 36.0 Å². The molecule has 7 nitrogen and oxygen atoms in total. The molecule has 0 aliphatic heterocycles. The van der Waals surface area contributed by atoms with Crippen LogP contribution in [0.1, 0.15) is 24.3 Å². The molecule has 1 aromatic carbocycles. The molecule has 2 aromatic rings. The number of benzene rings is 1. The molecule has 2 N–H and O–H groups in total. The lowest BCUT2D eigenvalue weighted by atomic mass is 10.2. The van der Waals surface area contributed by atoms with E-state index in [9.17, 15) is 4.79 Å². The van der Waals surface area contributed by atoms with Crippen LogP contribution in [0.5, 0.6) is 11.5 Å². The summed E-state index contributed by atoms with van der Waals surface area (Å²) in [7, 11) is 3.17. The number of aromatic nitrogens is 2. The normalized spacial score (nSPS) is 10.3. The molecule has 0 radical (unpaired) electrons. The van der Waals surface area contributed by atoms with Crippen molar-refractivity contribution in [2.45, 2.75) is 19.9 Å². The summed E-state index contributed by atoms with van der Waals surface area (Å²) in [4.78, 5) is 11.8. The molecular formula is C16H20N4O3. The average Bonchev–Trinajstić information content (AvgIpc) is 2.55. The fourth-order valence-corrected chi connectivity index (χ4v) is 1.90. The Morgan fingerprint density at radius 3 is 2.43 bits per heavy atom. The van der Waals surface area contributed by atoms with Gasteiger partial charge in [0.1, 0.15) is 11.5 Å². The highest BCUT2D eigenvalue weighted by Gasteiger charge is 2.10. The molecule has 1 amide bonds. The molecule has 2 rings (SSSR count). The summed E-state index contributed by atoms with van der Waals surface area (Å²) in [6, 6.07) is 8.74. The van der Waals surface area contributed by atoms with Gasteiger partial charge in [-0.2, -0.15) is 0 Å². The number of carbonyl (C=O) groups is 1. The van der Waals surface area contributed by atoms with Gasteiger partial charge in [0, 0.05) is 12.1 Å². The highest BCUT2D eigenvalue weighted by molar-refractivity contribution is 5.92. The molecule has 0 unspecified atom stereocenters. The molecule has 122 valence electrons. The molecule has 0 bridgehead atoms. The zero-order valence-electron chi connectivity index (χ0n) is 13.6. The zero-order chi connectivity index (χ0) is 16.8. The molecule has 7 heteroatoms. The summed E-state index contributed by atoms with van der Waals surface area (Å²) in [6.07, 6.45) is 0. The number of nitrogens with one attached hydrogen (secondary N) is 2. The standard InChI is InChI=1S/C16H20N4O3/c1-10(2)17-16(21)13-7-8-15(20-19-13)18-12-6-5-11(22-3)9-14(12)23-4/h5-10H,1-4H3,(H,17,21)(H,18,20). The first-order valence-corrected chi connectivity index (χ1v) is 7.17. The van der Waals surface area contributed by atoms with Gasteiger partial charge in [0.2, 0.25) is 0 Å². The summed E-state index contributed by atoms with van der Waals surface area (Å²) in [5.41, 5.74) is 0.993. The Morgan fingerprint density at radius 2 is 1.87 bits per heavy atom. The SMILES string of the molecule is COc1ccc(Nc2ccc(C(=O)NC(C)C)nn2)c(OC)c1. The highest BCUT2D eigenvalue weighted by atomic mass is 16.5. The number of amides is 1. The van der Waals surface area contributed by atoms with Crippen LogP contribution in [-0.2, 0) is 0 Å². The third-order valence-corrected chi connectivity index (χ3v) is 2.99. The number of hydrogen-bond acceptors (Lipinski definition) is 6. The Balaban J connectivity index is 2.13. The van der Waals surface area contributed by atoms with E-state index in [4.69, 9.17) is 9.47 Å². The summed E-state index contributed by atoms with van der Waals surface area (Å²) in [6.45, 7) is 3.77. The maximum atomic E-state index is 11.8. The Labute approximate surface area is 135 Å². The first kappa shape index (κ1) is 16.5. The van der Waals surface area contributed by atoms with Crippen molar-refractivity contribution < 1.29 is 14.3 Å². The first-order chi connectivity index (χ1) is 11.0. The van der Waals surface area contributed by atoms with E-state index in [0.717, 1.165) is 5.69 Å². The monoisotopic (exact) mass is 316 g/mol. The predicted octanol–water partition coefficient (Wildman–Crippen LogP) is 2.38. The van der Waals surface area contributed by atoms with Gasteiger partial charge in [0.05, 0.1) is 19.9 Å².